The van der Waals surface area contributed by atoms with E-state index in [-0.39, 0.29) is 11.1 Å². The highest BCUT2D eigenvalue weighted by Crippen LogP contribution is 2.48. The van der Waals surface area contributed by atoms with E-state index >= 15 is 0 Å². The normalized spacial score (nSPS) is 11.7. The molecule has 0 aliphatic carbocycles. The van der Waals surface area contributed by atoms with E-state index in [1.807, 2.05) is 30.3 Å². The molecule has 0 unspecified atom stereocenters. The van der Waals surface area contributed by atoms with E-state index < -0.39 is 11.9 Å². The molecule has 0 bridgehead atoms. The van der Waals surface area contributed by atoms with Gasteiger partial charge in [-0.05, 0) is 180 Å². The minimum absolute atomic E-state index is 0.282. The zero-order valence-corrected chi connectivity index (χ0v) is 39.8. The van der Waals surface area contributed by atoms with Crippen molar-refractivity contribution >= 4 is 97.0 Å². The minimum atomic E-state index is -1.26. The number of nitriles is 1. The van der Waals surface area contributed by atoms with Crippen LogP contribution in [0.15, 0.2) is 169 Å². The predicted molar refractivity (Wildman–Crippen MR) is 284 cm³/mol. The van der Waals surface area contributed by atoms with Gasteiger partial charge in [-0.2, -0.15) is 5.26 Å². The smallest absolute Gasteiger partial charge is 0.346 e. The third kappa shape index (κ3) is 9.06. The van der Waals surface area contributed by atoms with Crippen LogP contribution in [0.2, 0.25) is 0 Å². The van der Waals surface area contributed by atoms with Gasteiger partial charge >= 0.3 is 11.9 Å². The number of carboxylic acid groups (broad SMARTS) is 2. The number of rotatable bonds is 12. The molecule has 2 N–H and O–H groups in total. The number of aryl methyl sites for hydroxylation is 4. The summed E-state index contributed by atoms with van der Waals surface area (Å²) in [6, 6.07) is 57.1. The van der Waals surface area contributed by atoms with E-state index in [1.165, 1.54) is 23.0 Å². The van der Waals surface area contributed by atoms with Crippen molar-refractivity contribution in [1.29, 1.82) is 5.26 Å². The van der Waals surface area contributed by atoms with Crippen LogP contribution in [0.5, 0.6) is 0 Å². The van der Waals surface area contributed by atoms with E-state index in [1.54, 1.807) is 30.4 Å². The molecule has 9 aromatic rings. The van der Waals surface area contributed by atoms with Gasteiger partial charge in [0.05, 0.1) is 11.4 Å². The maximum Gasteiger partial charge on any atom is 0.346 e. The molecule has 0 aliphatic heterocycles. The van der Waals surface area contributed by atoms with Gasteiger partial charge in [0, 0.05) is 41.5 Å². The van der Waals surface area contributed by atoms with Crippen molar-refractivity contribution in [3.05, 3.63) is 218 Å². The molecule has 68 heavy (non-hydrogen) atoms. The molecule has 0 atom stereocenters. The van der Waals surface area contributed by atoms with Crippen molar-refractivity contribution in [1.82, 2.24) is 0 Å². The van der Waals surface area contributed by atoms with Crippen LogP contribution in [-0.4, -0.2) is 22.2 Å². The maximum atomic E-state index is 11.7. The Bertz CT molecular complexity index is 3530. The fourth-order valence-corrected chi connectivity index (χ4v) is 10.6. The Morgan fingerprint density at radius 3 is 1.43 bits per heavy atom. The first kappa shape index (κ1) is 45.1. The van der Waals surface area contributed by atoms with Crippen molar-refractivity contribution < 1.29 is 19.8 Å². The number of hydrogen-bond acceptors (Lipinski definition) is 6. The van der Waals surface area contributed by atoms with Gasteiger partial charge in [-0.25, -0.2) is 9.59 Å². The van der Waals surface area contributed by atoms with Gasteiger partial charge in [-0.3, -0.25) is 0 Å². The second-order valence-electron chi connectivity index (χ2n) is 17.0. The molecular formula is C60H46N2O4S2. The molecule has 0 saturated carbocycles. The summed E-state index contributed by atoms with van der Waals surface area (Å²) in [4.78, 5) is 29.4. The molecule has 7 aromatic carbocycles. The maximum absolute atomic E-state index is 11.7. The highest BCUT2D eigenvalue weighted by Gasteiger charge is 2.23. The van der Waals surface area contributed by atoms with Crippen molar-refractivity contribution in [2.24, 2.45) is 0 Å². The summed E-state index contributed by atoms with van der Waals surface area (Å²) >= 11 is 3.02. The van der Waals surface area contributed by atoms with Gasteiger partial charge in [0.2, 0.25) is 0 Å². The van der Waals surface area contributed by atoms with Crippen molar-refractivity contribution in [3.8, 4) is 27.0 Å². The standard InChI is InChI=1S/C60H46N2O4S2/c1-36-29-51-48(57-26-20-46(67-57)28-40(5)59(63)64)22-24-55(53(51)31-38(36)3)62(45-18-16-41(17-19-45)33-50(42-12-8-6-9-13-42)43-14-10-7-11-15-43)56-25-23-49(52-30-37(2)39(4)32-54(52)56)58-27-21-47(68-58)34-44(35-61)60(65)66/h6-34H,1-5H3,(H,63,64)(H,65,66)/b40-28-,44-34-. The third-order valence-electron chi connectivity index (χ3n) is 12.4. The van der Waals surface area contributed by atoms with Gasteiger partial charge in [0.15, 0.2) is 0 Å². The highest BCUT2D eigenvalue weighted by atomic mass is 32.1. The first-order valence-electron chi connectivity index (χ1n) is 22.1. The molecule has 8 heteroatoms. The SMILES string of the molecule is C/C(=C/c1ccc(-c2ccc(N(c3ccc(C=C(c4ccccc4)c4ccccc4)cc3)c3ccc(-c4ccc(/C=C(/C#N)C(=O)O)s4)c4cc(C)c(C)cc34)c3cc(C)c(C)cc23)s1)C(=O)O. The molecular weight excluding hydrogens is 877 g/mol. The van der Waals surface area contributed by atoms with Crippen LogP contribution in [0.1, 0.15) is 55.6 Å². The third-order valence-corrected chi connectivity index (χ3v) is 14.6. The fourth-order valence-electron chi connectivity index (χ4n) is 8.58. The molecule has 0 fully saturated rings. The Hall–Kier alpha value is -8.09. The summed E-state index contributed by atoms with van der Waals surface area (Å²) in [5, 5.41) is 32.9. The lowest BCUT2D eigenvalue weighted by Crippen LogP contribution is -2.12. The summed E-state index contributed by atoms with van der Waals surface area (Å²) in [6.07, 6.45) is 5.39. The van der Waals surface area contributed by atoms with Gasteiger partial charge in [0.1, 0.15) is 11.6 Å². The lowest BCUT2D eigenvalue weighted by molar-refractivity contribution is -0.133. The van der Waals surface area contributed by atoms with Gasteiger partial charge in [-0.1, -0.05) is 97.1 Å². The molecule has 0 amide bonds. The van der Waals surface area contributed by atoms with Crippen LogP contribution < -0.4 is 4.90 Å². The van der Waals surface area contributed by atoms with Crippen molar-refractivity contribution in [3.63, 3.8) is 0 Å². The summed E-state index contributed by atoms with van der Waals surface area (Å²) in [6.45, 7) is 10.2. The molecule has 0 spiro atoms. The number of carboxylic acids is 2. The van der Waals surface area contributed by atoms with Gasteiger partial charge in [0.25, 0.3) is 0 Å². The number of aliphatic carboxylic acids is 2. The molecule has 2 aromatic heterocycles. The van der Waals surface area contributed by atoms with Crippen LogP contribution in [0.25, 0.3) is 66.2 Å². The quantitative estimate of drug-likeness (QED) is 0.0719. The van der Waals surface area contributed by atoms with E-state index in [2.05, 4.69) is 166 Å². The van der Waals surface area contributed by atoms with Crippen LogP contribution >= 0.6 is 22.7 Å². The average molecular weight is 923 g/mol. The first-order chi connectivity index (χ1) is 32.9. The summed E-state index contributed by atoms with van der Waals surface area (Å²) in [5.74, 6) is -2.19. The lowest BCUT2D eigenvalue weighted by atomic mass is 9.93. The van der Waals surface area contributed by atoms with Crippen LogP contribution in [0.3, 0.4) is 0 Å². The first-order valence-corrected chi connectivity index (χ1v) is 23.8. The Morgan fingerprint density at radius 1 is 0.529 bits per heavy atom. The molecule has 9 rings (SSSR count). The van der Waals surface area contributed by atoms with Crippen molar-refractivity contribution in [2.75, 3.05) is 4.90 Å². The number of benzene rings is 7. The second-order valence-corrected chi connectivity index (χ2v) is 19.2. The van der Waals surface area contributed by atoms with E-state index in [0.717, 1.165) is 103 Å². The minimum Gasteiger partial charge on any atom is -0.478 e. The Balaban J connectivity index is 1.27. The van der Waals surface area contributed by atoms with E-state index in [0.29, 0.717) is 4.88 Å². The number of carbonyl (C=O) groups is 2. The summed E-state index contributed by atoms with van der Waals surface area (Å²) in [5.41, 5.74) is 14.1. The van der Waals surface area contributed by atoms with E-state index in [9.17, 15) is 25.1 Å². The summed E-state index contributed by atoms with van der Waals surface area (Å²) in [7, 11) is 0. The molecule has 6 nitrogen and oxygen atoms in total. The zero-order valence-electron chi connectivity index (χ0n) is 38.2. The number of anilines is 3. The number of nitrogens with zero attached hydrogens (tertiary/aromatic N) is 2. The molecule has 332 valence electrons. The Labute approximate surface area is 404 Å². The number of hydrogen-bond donors (Lipinski definition) is 2. The molecule has 0 aliphatic rings. The van der Waals surface area contributed by atoms with Crippen LogP contribution in [0.4, 0.5) is 17.1 Å². The fraction of sp³-hybridized carbons (Fsp3) is 0.0833. The van der Waals surface area contributed by atoms with E-state index in [4.69, 9.17) is 0 Å². The number of thiophene rings is 2. The molecule has 0 radical (unpaired) electrons. The number of fused-ring (bicyclic) bond motifs is 2. The predicted octanol–water partition coefficient (Wildman–Crippen LogP) is 16.2. The highest BCUT2D eigenvalue weighted by molar-refractivity contribution is 7.16. The van der Waals surface area contributed by atoms with Crippen LogP contribution in [0, 0.1) is 39.0 Å². The molecule has 2 heterocycles. The van der Waals surface area contributed by atoms with Crippen LogP contribution in [-0.2, 0) is 9.59 Å². The topological polar surface area (TPSA) is 102 Å². The zero-order chi connectivity index (χ0) is 47.6. The second kappa shape index (κ2) is 19.0. The van der Waals surface area contributed by atoms with Gasteiger partial charge < -0.3 is 15.1 Å². The van der Waals surface area contributed by atoms with Crippen molar-refractivity contribution in [2.45, 2.75) is 34.6 Å². The Kier molecular flexibility index (Phi) is 12.6. The monoisotopic (exact) mass is 922 g/mol. The lowest BCUT2D eigenvalue weighted by Gasteiger charge is -2.30. The summed E-state index contributed by atoms with van der Waals surface area (Å²) < 4.78 is 0. The molecule has 0 saturated heterocycles. The Morgan fingerprint density at radius 2 is 0.985 bits per heavy atom. The van der Waals surface area contributed by atoms with Gasteiger partial charge in [-0.15, -0.1) is 22.7 Å². The average Bonchev–Trinajstić information content (AvgIpc) is 4.02. The largest absolute Gasteiger partial charge is 0.478 e.